The van der Waals surface area contributed by atoms with E-state index in [4.69, 9.17) is 9.72 Å². The summed E-state index contributed by atoms with van der Waals surface area (Å²) in [5.74, 6) is 0.0657. The van der Waals surface area contributed by atoms with Gasteiger partial charge in [0.05, 0.1) is 44.9 Å². The largest absolute Gasteiger partial charge is 0.494 e. The van der Waals surface area contributed by atoms with E-state index >= 15 is 0 Å². The number of aryl methyl sites for hydroxylation is 1. The molecule has 19 heteroatoms. The molecule has 3 aromatic carbocycles. The number of nitrogens with zero attached hydrogens (tertiary/aromatic N) is 8. The van der Waals surface area contributed by atoms with Crippen LogP contribution in [0.1, 0.15) is 52.0 Å². The van der Waals surface area contributed by atoms with E-state index in [9.17, 15) is 23.7 Å². The van der Waals surface area contributed by atoms with Crippen LogP contribution in [0.5, 0.6) is 5.75 Å². The Bertz CT molecular complexity index is 2750. The second-order valence-corrected chi connectivity index (χ2v) is 21.1. The van der Waals surface area contributed by atoms with Gasteiger partial charge in [-0.3, -0.25) is 44.3 Å². The third-order valence-electron chi connectivity index (χ3n) is 12.5. The fourth-order valence-electron chi connectivity index (χ4n) is 9.28. The fourth-order valence-corrected chi connectivity index (χ4v) is 11.0. The zero-order valence-electron chi connectivity index (χ0n) is 36.1. The lowest BCUT2D eigenvalue weighted by Gasteiger charge is -2.40. The Morgan fingerprint density at radius 1 is 0.844 bits per heavy atom. The summed E-state index contributed by atoms with van der Waals surface area (Å²) in [4.78, 5) is 77.2. The predicted octanol–water partition coefficient (Wildman–Crippen LogP) is 5.67. The molecular formula is C45H49BrN11O6P. The lowest BCUT2D eigenvalue weighted by atomic mass is 9.95. The number of aromatic nitrogens is 4. The minimum Gasteiger partial charge on any atom is -0.494 e. The summed E-state index contributed by atoms with van der Waals surface area (Å²) in [7, 11) is -1.13. The smallest absolute Gasteiger partial charge is 0.262 e. The summed E-state index contributed by atoms with van der Waals surface area (Å²) in [6.45, 7) is 11.8. The van der Waals surface area contributed by atoms with Crippen LogP contribution in [0.4, 0.5) is 34.5 Å². The summed E-state index contributed by atoms with van der Waals surface area (Å²) in [5.41, 5.74) is 6.30. The van der Waals surface area contributed by atoms with Gasteiger partial charge in [-0.05, 0) is 103 Å². The average Bonchev–Trinajstić information content (AvgIpc) is 3.52. The molecule has 5 aromatic rings. The molecule has 1 unspecified atom stereocenters. The zero-order valence-corrected chi connectivity index (χ0v) is 38.5. The molecule has 332 valence electrons. The Balaban J connectivity index is 0.798. The number of benzene rings is 3. The van der Waals surface area contributed by atoms with E-state index in [0.29, 0.717) is 61.1 Å². The van der Waals surface area contributed by atoms with Crippen molar-refractivity contribution >= 4 is 97.6 Å². The Kier molecular flexibility index (Phi) is 11.9. The first-order valence-electron chi connectivity index (χ1n) is 21.4. The van der Waals surface area contributed by atoms with E-state index in [1.54, 1.807) is 51.2 Å². The highest BCUT2D eigenvalue weighted by atomic mass is 79.9. The number of hydrogen-bond donors (Lipinski definition) is 3. The fraction of sp³-hybridized carbons (Fsp3) is 0.378. The first-order chi connectivity index (χ1) is 30.7. The van der Waals surface area contributed by atoms with E-state index in [1.165, 1.54) is 0 Å². The summed E-state index contributed by atoms with van der Waals surface area (Å²) in [6, 6.07) is 12.2. The van der Waals surface area contributed by atoms with Crippen molar-refractivity contribution in [2.45, 2.75) is 38.6 Å². The van der Waals surface area contributed by atoms with E-state index in [0.717, 1.165) is 86.2 Å². The van der Waals surface area contributed by atoms with E-state index in [2.05, 4.69) is 80.6 Å². The van der Waals surface area contributed by atoms with Gasteiger partial charge in [0.25, 0.3) is 11.8 Å². The number of carbonyl (C=O) groups is 4. The predicted molar refractivity (Wildman–Crippen MR) is 249 cm³/mol. The van der Waals surface area contributed by atoms with E-state index in [-0.39, 0.29) is 12.8 Å². The number of anilines is 6. The molecular weight excluding hydrogens is 901 g/mol. The summed E-state index contributed by atoms with van der Waals surface area (Å²) in [6.07, 6.45) is 7.12. The molecule has 6 heterocycles. The Hall–Kier alpha value is -5.97. The van der Waals surface area contributed by atoms with Gasteiger partial charge >= 0.3 is 0 Å². The number of methoxy groups -OCH3 is 1. The molecule has 0 aliphatic carbocycles. The summed E-state index contributed by atoms with van der Waals surface area (Å²) < 4.78 is 20.0. The monoisotopic (exact) mass is 949 g/mol. The highest BCUT2D eigenvalue weighted by Crippen LogP contribution is 2.42. The van der Waals surface area contributed by atoms with Gasteiger partial charge in [0.2, 0.25) is 17.8 Å². The SMILES string of the molecule is COc1cc(N2CCN(CC3CCN(c4ccc5c(c4)C(=O)N(C4CCC(=O)NC4=O)C5=O)CC3)CC2)c(C)cc1Nc1ncc(Br)c(Nc2ccc3nccnc3c2P(C)(C)=O)n1. The number of piperidine rings is 2. The van der Waals surface area contributed by atoms with Crippen LogP contribution in [0.2, 0.25) is 0 Å². The molecule has 4 amide bonds. The van der Waals surface area contributed by atoms with E-state index in [1.807, 2.05) is 18.2 Å². The van der Waals surface area contributed by atoms with Crippen molar-refractivity contribution in [3.8, 4) is 5.75 Å². The van der Waals surface area contributed by atoms with Crippen LogP contribution in [-0.4, -0.2) is 126 Å². The van der Waals surface area contributed by atoms with Crippen molar-refractivity contribution in [2.75, 3.05) is 86.7 Å². The maximum atomic E-state index is 13.5. The van der Waals surface area contributed by atoms with Crippen LogP contribution in [0.15, 0.2) is 65.5 Å². The Morgan fingerprint density at radius 2 is 1.59 bits per heavy atom. The van der Waals surface area contributed by atoms with E-state index < -0.39 is 36.8 Å². The van der Waals surface area contributed by atoms with Crippen molar-refractivity contribution < 1.29 is 28.5 Å². The quantitative estimate of drug-likeness (QED) is 0.108. The number of halogens is 1. The highest BCUT2D eigenvalue weighted by molar-refractivity contribution is 9.10. The van der Waals surface area contributed by atoms with Crippen LogP contribution < -0.4 is 35.8 Å². The molecule has 0 spiro atoms. The number of imide groups is 2. The van der Waals surface area contributed by atoms with Crippen LogP contribution in [-0.2, 0) is 14.2 Å². The molecule has 17 nitrogen and oxygen atoms in total. The van der Waals surface area contributed by atoms with Gasteiger partial charge in [-0.15, -0.1) is 0 Å². The minimum atomic E-state index is -2.78. The molecule has 3 N–H and O–H groups in total. The van der Waals surface area contributed by atoms with Crippen LogP contribution in [0.25, 0.3) is 11.0 Å². The van der Waals surface area contributed by atoms with Gasteiger partial charge in [0, 0.05) is 88.3 Å². The first-order valence-corrected chi connectivity index (χ1v) is 24.8. The molecule has 9 rings (SSSR count). The number of rotatable bonds is 11. The molecule has 0 saturated carbocycles. The van der Waals surface area contributed by atoms with Gasteiger partial charge in [-0.1, -0.05) is 0 Å². The summed E-state index contributed by atoms with van der Waals surface area (Å²) >= 11 is 3.58. The van der Waals surface area contributed by atoms with Crippen LogP contribution >= 0.6 is 23.1 Å². The van der Waals surface area contributed by atoms with Crippen LogP contribution in [0, 0.1) is 12.8 Å². The Labute approximate surface area is 378 Å². The van der Waals surface area contributed by atoms with Gasteiger partial charge < -0.3 is 29.7 Å². The number of ether oxygens (including phenoxy) is 1. The topological polar surface area (TPSA) is 195 Å². The van der Waals surface area contributed by atoms with Gasteiger partial charge in [-0.25, -0.2) is 4.98 Å². The molecule has 0 bridgehead atoms. The minimum absolute atomic E-state index is 0.0887. The lowest BCUT2D eigenvalue weighted by Crippen LogP contribution is -2.54. The number of piperazine rings is 1. The maximum absolute atomic E-state index is 13.5. The maximum Gasteiger partial charge on any atom is 0.262 e. The second kappa shape index (κ2) is 17.5. The molecule has 4 aliphatic rings. The molecule has 4 aliphatic heterocycles. The number of hydrogen-bond acceptors (Lipinski definition) is 15. The second-order valence-electron chi connectivity index (χ2n) is 17.1. The average molecular weight is 951 g/mol. The third-order valence-corrected chi connectivity index (χ3v) is 14.7. The number of carbonyl (C=O) groups excluding carboxylic acids is 4. The molecule has 0 radical (unpaired) electrons. The van der Waals surface area contributed by atoms with Gasteiger partial charge in [-0.2, -0.15) is 4.98 Å². The number of amides is 4. The third kappa shape index (κ3) is 8.53. The van der Waals surface area contributed by atoms with Crippen molar-refractivity contribution in [3.63, 3.8) is 0 Å². The van der Waals surface area contributed by atoms with Crippen molar-refractivity contribution in [3.05, 3.63) is 82.2 Å². The molecule has 3 fully saturated rings. The van der Waals surface area contributed by atoms with Crippen molar-refractivity contribution in [1.82, 2.24) is 35.1 Å². The van der Waals surface area contributed by atoms with Gasteiger partial charge in [0.15, 0.2) is 0 Å². The number of fused-ring (bicyclic) bond motifs is 2. The van der Waals surface area contributed by atoms with Crippen LogP contribution in [0.3, 0.4) is 0 Å². The molecule has 3 saturated heterocycles. The first kappa shape index (κ1) is 43.3. The standard InChI is InChI=1S/C45H49BrN11O6P/c1-26-21-34(51-45-49-24-31(46)41(53-45)50-33-8-7-32-39(48-14-13-47-32)40(33)64(3,4)62)37(63-2)23-36(26)56-19-17-54(18-20-56)25-27-11-15-55(16-12-27)28-5-6-29-30(22-28)44(61)57(43(29)60)35-9-10-38(58)52-42(35)59/h5-8,13-14,21-24,27,35H,9-12,15-20,25H2,1-4H3,(H,52,58,59)(H2,49,50,51,53). The highest BCUT2D eigenvalue weighted by Gasteiger charge is 2.45. The van der Waals surface area contributed by atoms with Crippen molar-refractivity contribution in [2.24, 2.45) is 5.92 Å². The molecule has 2 aromatic heterocycles. The van der Waals surface area contributed by atoms with Gasteiger partial charge in [0.1, 0.15) is 30.3 Å². The molecule has 1 atom stereocenters. The number of nitrogens with one attached hydrogen (secondary N) is 3. The van der Waals surface area contributed by atoms with Crippen molar-refractivity contribution in [1.29, 1.82) is 0 Å². The Morgan fingerprint density at radius 3 is 2.33 bits per heavy atom. The lowest BCUT2D eigenvalue weighted by molar-refractivity contribution is -0.136. The summed E-state index contributed by atoms with van der Waals surface area (Å²) in [5, 5.41) is 9.56. The molecule has 64 heavy (non-hydrogen) atoms. The zero-order chi connectivity index (χ0) is 44.9. The normalized spacial score (nSPS) is 18.7.